The maximum absolute atomic E-state index is 13.4. The van der Waals surface area contributed by atoms with E-state index in [0.717, 1.165) is 17.7 Å². The molecule has 0 aliphatic heterocycles. The highest BCUT2D eigenvalue weighted by molar-refractivity contribution is 7.90. The molecule has 0 bridgehead atoms. The summed E-state index contributed by atoms with van der Waals surface area (Å²) < 4.78 is 72.9. The molecule has 0 unspecified atom stereocenters. The lowest BCUT2D eigenvalue weighted by Gasteiger charge is -2.30. The number of aromatic nitrogens is 2. The fraction of sp³-hybridized carbons (Fsp3) is 0.591. The second-order valence-electron chi connectivity index (χ2n) is 9.39. The molecule has 2 aromatic heterocycles. The average Bonchev–Trinajstić information content (AvgIpc) is 3.50. The van der Waals surface area contributed by atoms with Crippen LogP contribution in [0.2, 0.25) is 0 Å². The summed E-state index contributed by atoms with van der Waals surface area (Å²) in [6.45, 7) is -3.01. The monoisotopic (exact) mass is 558 g/mol. The van der Waals surface area contributed by atoms with E-state index in [1.165, 1.54) is 29.1 Å². The third-order valence-electron chi connectivity index (χ3n) is 6.49. The molecule has 2 aromatic rings. The molecule has 3 aliphatic carbocycles. The van der Waals surface area contributed by atoms with Crippen LogP contribution in [0.1, 0.15) is 42.5 Å². The molecule has 37 heavy (non-hydrogen) atoms. The van der Waals surface area contributed by atoms with Crippen molar-refractivity contribution in [1.29, 1.82) is 0 Å². The number of hydrogen-bond donors (Lipinski definition) is 2. The Morgan fingerprint density at radius 2 is 2.08 bits per heavy atom. The van der Waals surface area contributed by atoms with E-state index in [4.69, 9.17) is 0 Å². The van der Waals surface area contributed by atoms with E-state index in [9.17, 15) is 26.4 Å². The van der Waals surface area contributed by atoms with Crippen LogP contribution in [0.5, 0.6) is 5.88 Å². The lowest BCUT2D eigenvalue weighted by Crippen LogP contribution is -2.45. The van der Waals surface area contributed by atoms with Crippen LogP contribution in [0.25, 0.3) is 0 Å². The fourth-order valence-electron chi connectivity index (χ4n) is 4.34. The van der Waals surface area contributed by atoms with Crippen LogP contribution < -0.4 is 14.8 Å². The van der Waals surface area contributed by atoms with Gasteiger partial charge in [-0.15, -0.1) is 16.4 Å². The van der Waals surface area contributed by atoms with E-state index in [0.29, 0.717) is 18.4 Å². The van der Waals surface area contributed by atoms with Crippen molar-refractivity contribution in [2.45, 2.75) is 74.7 Å². The summed E-state index contributed by atoms with van der Waals surface area (Å²) in [5, 5.41) is 6.86. The molecule has 2 fully saturated rings. The largest absolute Gasteiger partial charge is 0.415 e. The number of anilines is 1. The van der Waals surface area contributed by atoms with Crippen LogP contribution >= 0.6 is 11.3 Å². The maximum Gasteiger partial charge on any atom is 0.388 e. The first-order valence-corrected chi connectivity index (χ1v) is 14.1. The third kappa shape index (κ3) is 5.89. The van der Waals surface area contributed by atoms with Crippen molar-refractivity contribution in [3.63, 3.8) is 0 Å². The quantitative estimate of drug-likeness (QED) is 0.455. The number of aliphatic imine (C=N–C) groups is 2. The topological polar surface area (TPSA) is 127 Å². The van der Waals surface area contributed by atoms with Gasteiger partial charge in [0.25, 0.3) is 0 Å². The number of hydrogen-bond acceptors (Lipinski definition) is 8. The molecule has 0 spiro atoms. The number of sulfonamides is 1. The van der Waals surface area contributed by atoms with Gasteiger partial charge in [-0.2, -0.15) is 13.8 Å². The van der Waals surface area contributed by atoms with Gasteiger partial charge in [-0.25, -0.2) is 27.2 Å². The Hall–Kier alpha value is -2.74. The molecule has 2 saturated carbocycles. The highest BCUT2D eigenvalue weighted by atomic mass is 32.2. The number of fused-ring (bicyclic) bond motifs is 1. The fourth-order valence-corrected chi connectivity index (χ4v) is 7.58. The van der Waals surface area contributed by atoms with Gasteiger partial charge >= 0.3 is 6.61 Å². The van der Waals surface area contributed by atoms with E-state index in [-0.39, 0.29) is 58.7 Å². The smallest absolute Gasteiger partial charge is 0.388 e. The number of aryl methyl sites for hydroxylation is 2. The van der Waals surface area contributed by atoms with E-state index in [1.807, 2.05) is 0 Å². The van der Waals surface area contributed by atoms with E-state index in [1.54, 1.807) is 0 Å². The number of ether oxygens (including phenoxy) is 1. The normalized spacial score (nSPS) is 23.1. The van der Waals surface area contributed by atoms with Crippen LogP contribution in [0.4, 0.5) is 24.0 Å². The highest BCUT2D eigenvalue weighted by Crippen LogP contribution is 2.43. The van der Waals surface area contributed by atoms with E-state index in [2.05, 4.69) is 35.9 Å². The number of carbonyl (C=O) groups excluding carboxylic acids is 1. The lowest BCUT2D eigenvalue weighted by molar-refractivity contribution is -0.117. The van der Waals surface area contributed by atoms with Gasteiger partial charge in [0, 0.05) is 30.0 Å². The van der Waals surface area contributed by atoms with Crippen LogP contribution in [0.15, 0.2) is 20.9 Å². The lowest BCUT2D eigenvalue weighted by atomic mass is 9.92. The summed E-state index contributed by atoms with van der Waals surface area (Å²) in [5.74, 6) is -0.382. The molecule has 1 amide bonds. The second-order valence-corrected chi connectivity index (χ2v) is 12.1. The number of nitrogens with one attached hydrogen (secondary N) is 2. The first kappa shape index (κ1) is 25.9. The van der Waals surface area contributed by atoms with Crippen molar-refractivity contribution in [3.8, 4) is 5.88 Å². The van der Waals surface area contributed by atoms with Crippen LogP contribution in [-0.2, 0) is 34.7 Å². The Morgan fingerprint density at radius 3 is 2.76 bits per heavy atom. The van der Waals surface area contributed by atoms with Gasteiger partial charge in [-0.1, -0.05) is 0 Å². The van der Waals surface area contributed by atoms with Crippen molar-refractivity contribution < 1.29 is 31.1 Å². The minimum Gasteiger partial charge on any atom is -0.415 e. The molecular weight excluding hydrogens is 533 g/mol. The zero-order valence-electron chi connectivity index (χ0n) is 19.8. The third-order valence-corrected chi connectivity index (χ3v) is 9.46. The van der Waals surface area contributed by atoms with Crippen molar-refractivity contribution >= 4 is 44.1 Å². The molecule has 3 aliphatic rings. The SMILES string of the molecule is Cn1nc(OC(F)F)cc1N=C=N[C@H]1CCc2sc(NC(=O)C3CC3)c(S(=O)(=O)N[C@H]3C[C@@H](F)C3)c2C1. The Kier molecular flexibility index (Phi) is 7.14. The van der Waals surface area contributed by atoms with Crippen LogP contribution in [0.3, 0.4) is 0 Å². The summed E-state index contributed by atoms with van der Waals surface area (Å²) in [4.78, 5) is 21.7. The summed E-state index contributed by atoms with van der Waals surface area (Å²) in [6.07, 6.45) is 2.22. The number of rotatable bonds is 9. The summed E-state index contributed by atoms with van der Waals surface area (Å²) >= 11 is 1.25. The first-order valence-electron chi connectivity index (χ1n) is 11.8. The summed E-state index contributed by atoms with van der Waals surface area (Å²) in [5.41, 5.74) is 0.578. The molecule has 0 aromatic carbocycles. The molecule has 2 heterocycles. The standard InChI is InChI=1S/C22H25F3N6O4S2/c1-31-17(9-18(29-31)35-22(24)25)27-10-26-13-4-5-16-15(8-13)19(21(36-16)28-20(32)11-2-3-11)37(33,34)30-14-6-12(23)7-14/h9,11-14,22,30H,2-8H2,1H3,(H,28,32)/t12-,13-,14+/m0/s1. The molecule has 0 saturated heterocycles. The minimum atomic E-state index is -4.02. The first-order chi connectivity index (χ1) is 17.6. The van der Waals surface area contributed by atoms with Gasteiger partial charge in [0.2, 0.25) is 21.8 Å². The number of amides is 1. The summed E-state index contributed by atoms with van der Waals surface area (Å²) in [6, 6.07) is 2.96. The van der Waals surface area contributed by atoms with Crippen molar-refractivity contribution in [2.24, 2.45) is 23.0 Å². The van der Waals surface area contributed by atoms with Crippen molar-refractivity contribution in [3.05, 3.63) is 16.5 Å². The predicted molar refractivity (Wildman–Crippen MR) is 129 cm³/mol. The van der Waals surface area contributed by atoms with Crippen LogP contribution in [-0.4, -0.2) is 55.0 Å². The zero-order valence-corrected chi connectivity index (χ0v) is 21.4. The number of carbonyl (C=O) groups is 1. The van der Waals surface area contributed by atoms with E-state index < -0.39 is 28.8 Å². The Morgan fingerprint density at radius 1 is 1.32 bits per heavy atom. The maximum atomic E-state index is 13.4. The van der Waals surface area contributed by atoms with Crippen LogP contribution in [0, 0.1) is 5.92 Å². The Balaban J connectivity index is 1.38. The van der Waals surface area contributed by atoms with Gasteiger partial charge in [-0.05, 0) is 50.5 Å². The Bertz CT molecular complexity index is 1360. The highest BCUT2D eigenvalue weighted by Gasteiger charge is 2.39. The molecule has 0 radical (unpaired) electrons. The molecule has 200 valence electrons. The average molecular weight is 559 g/mol. The number of thiophene rings is 1. The summed E-state index contributed by atoms with van der Waals surface area (Å²) in [7, 11) is -2.51. The minimum absolute atomic E-state index is 0.0288. The van der Waals surface area contributed by atoms with Crippen molar-refractivity contribution in [2.75, 3.05) is 5.32 Å². The molecule has 15 heteroatoms. The van der Waals surface area contributed by atoms with Crippen molar-refractivity contribution in [1.82, 2.24) is 14.5 Å². The van der Waals surface area contributed by atoms with E-state index >= 15 is 0 Å². The number of halogens is 3. The molecule has 10 nitrogen and oxygen atoms in total. The van der Waals surface area contributed by atoms with Gasteiger partial charge in [-0.3, -0.25) is 4.79 Å². The number of alkyl halides is 3. The Labute approximate surface area is 215 Å². The van der Waals surface area contributed by atoms with Gasteiger partial charge < -0.3 is 10.1 Å². The van der Waals surface area contributed by atoms with Gasteiger partial charge in [0.15, 0.2) is 5.82 Å². The number of nitrogens with zero attached hydrogens (tertiary/aromatic N) is 4. The van der Waals surface area contributed by atoms with Gasteiger partial charge in [0.05, 0.1) is 12.1 Å². The molecular formula is C22H25F3N6O4S2. The van der Waals surface area contributed by atoms with Gasteiger partial charge in [0.1, 0.15) is 16.1 Å². The second kappa shape index (κ2) is 10.2. The zero-order chi connectivity index (χ0) is 26.3. The predicted octanol–water partition coefficient (Wildman–Crippen LogP) is 3.57. The molecule has 2 N–H and O–H groups in total. The molecule has 5 rings (SSSR count). The molecule has 1 atom stereocenters.